The van der Waals surface area contributed by atoms with E-state index in [1.807, 2.05) is 34.0 Å². The molecule has 39 heavy (non-hydrogen) atoms. The fraction of sp³-hybridized carbons (Fsp3) is 0. The van der Waals surface area contributed by atoms with Gasteiger partial charge in [-0.3, -0.25) is 0 Å². The van der Waals surface area contributed by atoms with Gasteiger partial charge >= 0.3 is 0 Å². The van der Waals surface area contributed by atoms with E-state index in [0.29, 0.717) is 0 Å². The summed E-state index contributed by atoms with van der Waals surface area (Å²) in [6, 6.07) is 44.8. The summed E-state index contributed by atoms with van der Waals surface area (Å²) in [7, 11) is 0. The summed E-state index contributed by atoms with van der Waals surface area (Å²) in [5, 5.41) is 8.09. The number of rotatable bonds is 2. The van der Waals surface area contributed by atoms with Crippen molar-refractivity contribution < 1.29 is 0 Å². The van der Waals surface area contributed by atoms with Crippen molar-refractivity contribution in [3.63, 3.8) is 0 Å². The van der Waals surface area contributed by atoms with Crippen LogP contribution >= 0.6 is 34.0 Å². The first-order chi connectivity index (χ1) is 19.3. The third-order valence-electron chi connectivity index (χ3n) is 7.91. The Bertz CT molecular complexity index is 2230. The largest absolute Gasteiger partial charge is 0.135 e. The summed E-state index contributed by atoms with van der Waals surface area (Å²) in [6.45, 7) is 0. The summed E-state index contributed by atoms with van der Waals surface area (Å²) in [5.41, 5.74) is 5.33. The highest BCUT2D eigenvalue weighted by Crippen LogP contribution is 2.48. The van der Waals surface area contributed by atoms with E-state index in [2.05, 4.69) is 121 Å². The van der Waals surface area contributed by atoms with Gasteiger partial charge in [-0.25, -0.2) is 0 Å². The molecule has 0 saturated carbocycles. The van der Waals surface area contributed by atoms with Gasteiger partial charge < -0.3 is 0 Å². The molecule has 9 aromatic rings. The van der Waals surface area contributed by atoms with E-state index in [4.69, 9.17) is 0 Å². The molecule has 182 valence electrons. The average Bonchev–Trinajstić information content (AvgIpc) is 3.68. The number of hydrogen-bond acceptors (Lipinski definition) is 3. The zero-order valence-corrected chi connectivity index (χ0v) is 23.2. The quantitative estimate of drug-likeness (QED) is 0.201. The van der Waals surface area contributed by atoms with Gasteiger partial charge in [0.2, 0.25) is 0 Å². The average molecular weight is 549 g/mol. The fourth-order valence-electron chi connectivity index (χ4n) is 6.16. The van der Waals surface area contributed by atoms with Gasteiger partial charge in [0.15, 0.2) is 0 Å². The highest BCUT2D eigenvalue weighted by molar-refractivity contribution is 7.28. The van der Waals surface area contributed by atoms with Crippen LogP contribution in [0.25, 0.3) is 82.8 Å². The van der Waals surface area contributed by atoms with Crippen LogP contribution in [-0.2, 0) is 0 Å². The van der Waals surface area contributed by atoms with Crippen molar-refractivity contribution in [1.82, 2.24) is 0 Å². The number of thiophene rings is 3. The molecule has 0 nitrogen and oxygen atoms in total. The van der Waals surface area contributed by atoms with Crippen molar-refractivity contribution in [3.05, 3.63) is 121 Å². The van der Waals surface area contributed by atoms with Gasteiger partial charge in [0.25, 0.3) is 0 Å². The molecule has 3 heteroatoms. The van der Waals surface area contributed by atoms with Crippen molar-refractivity contribution in [1.29, 1.82) is 0 Å². The number of hydrogen-bond donors (Lipinski definition) is 0. The van der Waals surface area contributed by atoms with Crippen LogP contribution in [0.3, 0.4) is 0 Å². The zero-order valence-electron chi connectivity index (χ0n) is 20.8. The van der Waals surface area contributed by atoms with Crippen molar-refractivity contribution in [2.75, 3.05) is 0 Å². The lowest BCUT2D eigenvalue weighted by molar-refractivity contribution is 1.76. The Balaban J connectivity index is 1.34. The van der Waals surface area contributed by atoms with Gasteiger partial charge in [-0.2, -0.15) is 0 Å². The minimum absolute atomic E-state index is 1.33. The molecule has 0 atom stereocenters. The molecule has 0 radical (unpaired) electrons. The smallest absolute Gasteiger partial charge is 0.0434 e. The maximum absolute atomic E-state index is 2.31. The van der Waals surface area contributed by atoms with Gasteiger partial charge in [0.05, 0.1) is 0 Å². The van der Waals surface area contributed by atoms with Crippen molar-refractivity contribution in [2.24, 2.45) is 0 Å². The zero-order chi connectivity index (χ0) is 25.5. The Hall–Kier alpha value is -4.02. The third-order valence-corrected chi connectivity index (χ3v) is 11.6. The summed E-state index contributed by atoms with van der Waals surface area (Å²) >= 11 is 5.76. The normalized spacial score (nSPS) is 12.1. The van der Waals surface area contributed by atoms with Gasteiger partial charge in [0.1, 0.15) is 0 Å². The summed E-state index contributed by atoms with van der Waals surface area (Å²) in [6.07, 6.45) is 0. The van der Waals surface area contributed by atoms with Crippen LogP contribution in [0.2, 0.25) is 0 Å². The van der Waals surface area contributed by atoms with E-state index in [1.165, 1.54) is 82.8 Å². The fourth-order valence-corrected chi connectivity index (χ4v) is 9.98. The molecule has 0 aliphatic heterocycles. The van der Waals surface area contributed by atoms with E-state index < -0.39 is 0 Å². The molecule has 0 bridgehead atoms. The highest BCUT2D eigenvalue weighted by atomic mass is 32.1. The monoisotopic (exact) mass is 548 g/mol. The minimum Gasteiger partial charge on any atom is -0.135 e. The van der Waals surface area contributed by atoms with E-state index in [0.717, 1.165) is 0 Å². The van der Waals surface area contributed by atoms with Gasteiger partial charge in [-0.05, 0) is 12.1 Å². The van der Waals surface area contributed by atoms with Crippen molar-refractivity contribution >= 4 is 94.5 Å². The van der Waals surface area contributed by atoms with E-state index in [-0.39, 0.29) is 0 Å². The number of benzene rings is 6. The summed E-state index contributed by atoms with van der Waals surface area (Å²) < 4.78 is 8.18. The number of fused-ring (bicyclic) bond motifs is 9. The molecule has 0 spiro atoms. The first-order valence-electron chi connectivity index (χ1n) is 13.1. The van der Waals surface area contributed by atoms with E-state index in [1.54, 1.807) is 0 Å². The van der Waals surface area contributed by atoms with Crippen LogP contribution in [0.15, 0.2) is 121 Å². The van der Waals surface area contributed by atoms with Crippen LogP contribution in [-0.4, -0.2) is 0 Å². The first kappa shape index (κ1) is 21.9. The predicted octanol–water partition coefficient (Wildman–Crippen LogP) is 12.1. The summed E-state index contributed by atoms with van der Waals surface area (Å²) in [5.74, 6) is 0. The van der Waals surface area contributed by atoms with E-state index in [9.17, 15) is 0 Å². The molecule has 0 saturated heterocycles. The van der Waals surface area contributed by atoms with Crippen LogP contribution < -0.4 is 0 Å². The SMILES string of the molecule is c1ccc2c(c1)sc1c(-c3cccc4c3sc3c(-c5cccc6c5sc5ccccc56)cccc34)cccc12. The molecule has 0 aliphatic carbocycles. The van der Waals surface area contributed by atoms with Crippen molar-refractivity contribution in [2.45, 2.75) is 0 Å². The Morgan fingerprint density at radius 1 is 0.256 bits per heavy atom. The lowest BCUT2D eigenvalue weighted by atomic mass is 9.98. The molecule has 0 N–H and O–H groups in total. The molecular formula is C36H20S3. The highest BCUT2D eigenvalue weighted by Gasteiger charge is 2.18. The maximum Gasteiger partial charge on any atom is 0.0434 e. The minimum atomic E-state index is 1.33. The molecule has 0 fully saturated rings. The van der Waals surface area contributed by atoms with Crippen LogP contribution in [0, 0.1) is 0 Å². The maximum atomic E-state index is 2.31. The molecule has 9 rings (SSSR count). The Morgan fingerprint density at radius 2 is 0.564 bits per heavy atom. The summed E-state index contributed by atoms with van der Waals surface area (Å²) in [4.78, 5) is 0. The first-order valence-corrected chi connectivity index (χ1v) is 15.6. The van der Waals surface area contributed by atoms with E-state index >= 15 is 0 Å². The van der Waals surface area contributed by atoms with Gasteiger partial charge in [-0.15, -0.1) is 34.0 Å². The molecule has 0 aliphatic rings. The standard InChI is InChI=1S/C36H20S3/c1-3-19-31-21(9-1)23-11-5-13-25(33(23)37-31)27-15-7-17-29-30-18-8-16-28(36(30)39-35(27)29)26-14-6-12-24-22-10-2-4-20-32(22)38-34(24)26/h1-20H. The second kappa shape index (κ2) is 8.24. The molecule has 6 aromatic carbocycles. The Kier molecular flexibility index (Phi) is 4.62. The topological polar surface area (TPSA) is 0 Å². The predicted molar refractivity (Wildman–Crippen MR) is 176 cm³/mol. The van der Waals surface area contributed by atoms with Gasteiger partial charge in [0, 0.05) is 82.8 Å². The van der Waals surface area contributed by atoms with Crippen LogP contribution in [0.4, 0.5) is 0 Å². The molecular weight excluding hydrogens is 529 g/mol. The molecule has 3 aromatic heterocycles. The second-order valence-electron chi connectivity index (χ2n) is 10.0. The van der Waals surface area contributed by atoms with Gasteiger partial charge in [-0.1, -0.05) is 109 Å². The van der Waals surface area contributed by atoms with Crippen LogP contribution in [0.5, 0.6) is 0 Å². The molecule has 0 unspecified atom stereocenters. The van der Waals surface area contributed by atoms with Crippen molar-refractivity contribution in [3.8, 4) is 22.3 Å². The Labute approximate surface area is 237 Å². The lowest BCUT2D eigenvalue weighted by Gasteiger charge is -2.05. The Morgan fingerprint density at radius 3 is 0.974 bits per heavy atom. The van der Waals surface area contributed by atoms with Crippen LogP contribution in [0.1, 0.15) is 0 Å². The third kappa shape index (κ3) is 3.09. The second-order valence-corrected chi connectivity index (χ2v) is 13.2. The molecule has 3 heterocycles. The molecule has 0 amide bonds. The lowest BCUT2D eigenvalue weighted by Crippen LogP contribution is -1.79.